The molecule has 1 aromatic carbocycles. The lowest BCUT2D eigenvalue weighted by atomic mass is 10.1. The van der Waals surface area contributed by atoms with Crippen LogP contribution < -0.4 is 0 Å². The molecule has 4 heteroatoms. The van der Waals surface area contributed by atoms with Crippen LogP contribution in [0.5, 0.6) is 0 Å². The second-order valence-electron chi connectivity index (χ2n) is 5.08. The first-order chi connectivity index (χ1) is 8.49. The van der Waals surface area contributed by atoms with Crippen LogP contribution >= 0.6 is 22.6 Å². The SMILES string of the molecule is CC1CN(C(=O)c2cccc(I)c2)CC(C)N1C. The molecule has 98 valence electrons. The molecule has 3 nitrogen and oxygen atoms in total. The van der Waals surface area contributed by atoms with E-state index in [0.717, 1.165) is 22.2 Å². The number of piperazine rings is 1. The molecule has 1 amide bonds. The quantitative estimate of drug-likeness (QED) is 0.720. The van der Waals surface area contributed by atoms with Crippen molar-refractivity contribution in [2.75, 3.05) is 20.1 Å². The smallest absolute Gasteiger partial charge is 0.253 e. The van der Waals surface area contributed by atoms with Crippen LogP contribution in [-0.4, -0.2) is 47.9 Å². The number of halogens is 1. The number of hydrogen-bond donors (Lipinski definition) is 0. The van der Waals surface area contributed by atoms with E-state index in [4.69, 9.17) is 0 Å². The average Bonchev–Trinajstić information content (AvgIpc) is 2.34. The van der Waals surface area contributed by atoms with Crippen LogP contribution in [0.2, 0.25) is 0 Å². The van der Waals surface area contributed by atoms with Gasteiger partial charge in [0.05, 0.1) is 0 Å². The van der Waals surface area contributed by atoms with Crippen molar-refractivity contribution in [3.8, 4) is 0 Å². The largest absolute Gasteiger partial charge is 0.336 e. The van der Waals surface area contributed by atoms with Crippen molar-refractivity contribution in [3.05, 3.63) is 33.4 Å². The van der Waals surface area contributed by atoms with Gasteiger partial charge in [0, 0.05) is 34.3 Å². The van der Waals surface area contributed by atoms with Crippen molar-refractivity contribution in [1.29, 1.82) is 0 Å². The molecule has 1 aliphatic rings. The summed E-state index contributed by atoms with van der Waals surface area (Å²) >= 11 is 2.24. The third kappa shape index (κ3) is 2.85. The molecule has 0 aromatic heterocycles. The highest BCUT2D eigenvalue weighted by atomic mass is 127. The third-order valence-corrected chi connectivity index (χ3v) is 4.39. The number of nitrogens with zero attached hydrogens (tertiary/aromatic N) is 2. The molecule has 2 rings (SSSR count). The van der Waals surface area contributed by atoms with Crippen LogP contribution in [0.3, 0.4) is 0 Å². The number of benzene rings is 1. The van der Waals surface area contributed by atoms with Crippen molar-refractivity contribution in [2.24, 2.45) is 0 Å². The maximum absolute atomic E-state index is 12.5. The molecule has 1 aromatic rings. The molecule has 0 aliphatic carbocycles. The van der Waals surface area contributed by atoms with E-state index in [2.05, 4.69) is 48.4 Å². The van der Waals surface area contributed by atoms with Crippen LogP contribution in [0.4, 0.5) is 0 Å². The van der Waals surface area contributed by atoms with E-state index in [1.807, 2.05) is 29.2 Å². The molecule has 2 unspecified atom stereocenters. The van der Waals surface area contributed by atoms with E-state index in [0.29, 0.717) is 12.1 Å². The number of hydrogen-bond acceptors (Lipinski definition) is 2. The van der Waals surface area contributed by atoms with Gasteiger partial charge in [0.1, 0.15) is 0 Å². The minimum Gasteiger partial charge on any atom is -0.336 e. The Morgan fingerprint density at radius 3 is 2.44 bits per heavy atom. The molecule has 1 saturated heterocycles. The topological polar surface area (TPSA) is 23.6 Å². The molecular weight excluding hydrogens is 339 g/mol. The van der Waals surface area contributed by atoms with Crippen LogP contribution in [0.1, 0.15) is 24.2 Å². The lowest BCUT2D eigenvalue weighted by Gasteiger charge is -2.42. The zero-order valence-corrected chi connectivity index (χ0v) is 13.2. The zero-order valence-electron chi connectivity index (χ0n) is 11.1. The number of amides is 1. The van der Waals surface area contributed by atoms with Gasteiger partial charge in [-0.2, -0.15) is 0 Å². The van der Waals surface area contributed by atoms with Gasteiger partial charge in [-0.1, -0.05) is 6.07 Å². The Bertz CT molecular complexity index is 437. The van der Waals surface area contributed by atoms with Crippen molar-refractivity contribution in [2.45, 2.75) is 25.9 Å². The first-order valence-corrected chi connectivity index (χ1v) is 7.33. The third-order valence-electron chi connectivity index (χ3n) is 3.72. The fourth-order valence-corrected chi connectivity index (χ4v) is 2.92. The van der Waals surface area contributed by atoms with Gasteiger partial charge < -0.3 is 4.90 Å². The van der Waals surface area contributed by atoms with Crippen molar-refractivity contribution >= 4 is 28.5 Å². The summed E-state index contributed by atoms with van der Waals surface area (Å²) in [5.41, 5.74) is 0.797. The molecule has 0 saturated carbocycles. The second-order valence-corrected chi connectivity index (χ2v) is 6.33. The molecular formula is C14H19IN2O. The number of rotatable bonds is 1. The van der Waals surface area contributed by atoms with Crippen molar-refractivity contribution in [3.63, 3.8) is 0 Å². The number of likely N-dealkylation sites (N-methyl/N-ethyl adjacent to an activating group) is 1. The highest BCUT2D eigenvalue weighted by Crippen LogP contribution is 2.17. The summed E-state index contributed by atoms with van der Waals surface area (Å²) in [6.45, 7) is 5.96. The van der Waals surface area contributed by atoms with Gasteiger partial charge in [-0.25, -0.2) is 0 Å². The summed E-state index contributed by atoms with van der Waals surface area (Å²) in [6.07, 6.45) is 0. The molecule has 1 fully saturated rings. The van der Waals surface area contributed by atoms with E-state index in [-0.39, 0.29) is 5.91 Å². The summed E-state index contributed by atoms with van der Waals surface area (Å²) in [4.78, 5) is 16.8. The van der Waals surface area contributed by atoms with Crippen LogP contribution in [0.15, 0.2) is 24.3 Å². The second kappa shape index (κ2) is 5.57. The van der Waals surface area contributed by atoms with Gasteiger partial charge >= 0.3 is 0 Å². The fourth-order valence-electron chi connectivity index (χ4n) is 2.37. The molecule has 0 N–H and O–H groups in total. The maximum Gasteiger partial charge on any atom is 0.253 e. The zero-order chi connectivity index (χ0) is 13.3. The van der Waals surface area contributed by atoms with Gasteiger partial charge in [0.25, 0.3) is 5.91 Å². The molecule has 1 heterocycles. The molecule has 0 radical (unpaired) electrons. The Kier molecular flexibility index (Phi) is 4.27. The molecule has 18 heavy (non-hydrogen) atoms. The summed E-state index contributed by atoms with van der Waals surface area (Å²) in [6, 6.07) is 8.64. The van der Waals surface area contributed by atoms with E-state index >= 15 is 0 Å². The predicted molar refractivity (Wildman–Crippen MR) is 81.7 cm³/mol. The predicted octanol–water partition coefficient (Wildman–Crippen LogP) is 2.46. The first-order valence-electron chi connectivity index (χ1n) is 6.26. The van der Waals surface area contributed by atoms with Crippen LogP contribution in [0.25, 0.3) is 0 Å². The van der Waals surface area contributed by atoms with E-state index in [1.54, 1.807) is 0 Å². The molecule has 2 atom stereocenters. The maximum atomic E-state index is 12.5. The Morgan fingerprint density at radius 1 is 1.28 bits per heavy atom. The summed E-state index contributed by atoms with van der Waals surface area (Å²) in [7, 11) is 2.13. The normalized spacial score (nSPS) is 25.2. The average molecular weight is 358 g/mol. The summed E-state index contributed by atoms with van der Waals surface area (Å²) in [5.74, 6) is 0.153. The Hall–Kier alpha value is -0.620. The van der Waals surface area contributed by atoms with Gasteiger partial charge in [0.2, 0.25) is 0 Å². The molecule has 0 spiro atoms. The van der Waals surface area contributed by atoms with Gasteiger partial charge in [-0.3, -0.25) is 9.69 Å². The van der Waals surface area contributed by atoms with Crippen molar-refractivity contribution < 1.29 is 4.79 Å². The Morgan fingerprint density at radius 2 is 1.89 bits per heavy atom. The Labute approximate surface area is 122 Å². The minimum absolute atomic E-state index is 0.153. The summed E-state index contributed by atoms with van der Waals surface area (Å²) < 4.78 is 1.11. The highest BCUT2D eigenvalue weighted by Gasteiger charge is 2.29. The van der Waals surface area contributed by atoms with E-state index in [1.165, 1.54) is 0 Å². The lowest BCUT2D eigenvalue weighted by molar-refractivity contribution is 0.0414. The van der Waals surface area contributed by atoms with Crippen molar-refractivity contribution in [1.82, 2.24) is 9.80 Å². The number of carbonyl (C=O) groups is 1. The minimum atomic E-state index is 0.153. The Balaban J connectivity index is 2.15. The lowest BCUT2D eigenvalue weighted by Crippen LogP contribution is -2.56. The first kappa shape index (κ1) is 13.8. The molecule has 1 aliphatic heterocycles. The van der Waals surface area contributed by atoms with Crippen LogP contribution in [-0.2, 0) is 0 Å². The molecule has 0 bridgehead atoms. The van der Waals surface area contributed by atoms with Gasteiger partial charge in [0.15, 0.2) is 0 Å². The number of carbonyl (C=O) groups excluding carboxylic acids is 1. The van der Waals surface area contributed by atoms with Crippen LogP contribution in [0, 0.1) is 3.57 Å². The fraction of sp³-hybridized carbons (Fsp3) is 0.500. The van der Waals surface area contributed by atoms with E-state index in [9.17, 15) is 4.79 Å². The highest BCUT2D eigenvalue weighted by molar-refractivity contribution is 14.1. The monoisotopic (exact) mass is 358 g/mol. The summed E-state index contributed by atoms with van der Waals surface area (Å²) in [5, 5.41) is 0. The van der Waals surface area contributed by atoms with E-state index < -0.39 is 0 Å². The standard InChI is InChI=1S/C14H19IN2O/c1-10-8-17(9-11(2)16(10)3)14(18)12-5-4-6-13(15)7-12/h4-7,10-11H,8-9H2,1-3H3. The van der Waals surface area contributed by atoms with Gasteiger partial charge in [-0.15, -0.1) is 0 Å². The van der Waals surface area contributed by atoms with Gasteiger partial charge in [-0.05, 0) is 61.7 Å².